The van der Waals surface area contributed by atoms with E-state index in [1.165, 1.54) is 12.0 Å². The van der Waals surface area contributed by atoms with Gasteiger partial charge in [0.15, 0.2) is 0 Å². The van der Waals surface area contributed by atoms with Crippen LogP contribution in [0.25, 0.3) is 0 Å². The zero-order chi connectivity index (χ0) is 12.0. The van der Waals surface area contributed by atoms with E-state index in [1.54, 1.807) is 0 Å². The van der Waals surface area contributed by atoms with Crippen molar-refractivity contribution in [2.45, 2.75) is 33.1 Å². The Balaban J connectivity index is 2.70. The maximum absolute atomic E-state index is 5.91. The van der Waals surface area contributed by atoms with Crippen LogP contribution in [0.15, 0.2) is 24.3 Å². The molecule has 1 aromatic rings. The molecule has 16 heavy (non-hydrogen) atoms. The molecular weight excluding hydrogens is 218 g/mol. The van der Waals surface area contributed by atoms with Gasteiger partial charge in [-0.3, -0.25) is 0 Å². The molecule has 1 rings (SSSR count). The summed E-state index contributed by atoms with van der Waals surface area (Å²) in [6.07, 6.45) is 1.22. The van der Waals surface area contributed by atoms with Crippen molar-refractivity contribution in [1.29, 1.82) is 0 Å². The normalized spacial score (nSPS) is 13.1. The van der Waals surface area contributed by atoms with Crippen molar-refractivity contribution >= 4 is 11.6 Å². The van der Waals surface area contributed by atoms with Gasteiger partial charge in [-0.2, -0.15) is 0 Å². The summed E-state index contributed by atoms with van der Waals surface area (Å²) in [6.45, 7) is 8.77. The minimum atomic E-state index is 0.595. The van der Waals surface area contributed by atoms with E-state index in [1.807, 2.05) is 12.1 Å². The number of rotatable bonds is 6. The van der Waals surface area contributed by atoms with Gasteiger partial charge in [0.05, 0.1) is 0 Å². The van der Waals surface area contributed by atoms with E-state index in [2.05, 4.69) is 38.2 Å². The van der Waals surface area contributed by atoms with Gasteiger partial charge in [-0.25, -0.2) is 0 Å². The minimum absolute atomic E-state index is 0.595. The predicted octanol–water partition coefficient (Wildman–Crippen LogP) is 4.08. The quantitative estimate of drug-likeness (QED) is 0.789. The third-order valence-electron chi connectivity index (χ3n) is 2.74. The van der Waals surface area contributed by atoms with E-state index in [0.29, 0.717) is 5.92 Å². The Morgan fingerprint density at radius 2 is 1.81 bits per heavy atom. The Labute approximate surface area is 104 Å². The second-order valence-corrected chi connectivity index (χ2v) is 5.12. The number of hydrogen-bond donors (Lipinski definition) is 1. The lowest BCUT2D eigenvalue weighted by Gasteiger charge is -2.20. The number of likely N-dealkylation sites (N-methyl/N-ethyl adjacent to an activating group) is 1. The highest BCUT2D eigenvalue weighted by atomic mass is 35.5. The fourth-order valence-electron chi connectivity index (χ4n) is 1.96. The molecule has 0 amide bonds. The fourth-order valence-corrected chi connectivity index (χ4v) is 2.09. The minimum Gasteiger partial charge on any atom is -0.316 e. The van der Waals surface area contributed by atoms with Gasteiger partial charge in [-0.05, 0) is 42.5 Å². The second-order valence-electron chi connectivity index (χ2n) is 4.69. The lowest BCUT2D eigenvalue weighted by Crippen LogP contribution is -2.22. The number of hydrogen-bond acceptors (Lipinski definition) is 1. The Bertz CT molecular complexity index is 292. The van der Waals surface area contributed by atoms with Gasteiger partial charge in [0.1, 0.15) is 0 Å². The average molecular weight is 240 g/mol. The first-order valence-electron chi connectivity index (χ1n) is 6.09. The highest BCUT2D eigenvalue weighted by Gasteiger charge is 2.12. The molecular formula is C14H22ClN. The molecule has 0 radical (unpaired) electrons. The standard InChI is InChI=1S/C14H22ClN/c1-4-16-10-13(9-11(2)3)12-5-7-14(15)8-6-12/h5-8,11,13,16H,4,9-10H2,1-3H3. The van der Waals surface area contributed by atoms with Crippen molar-refractivity contribution in [2.75, 3.05) is 13.1 Å². The Kier molecular flexibility index (Phi) is 5.86. The maximum atomic E-state index is 5.91. The zero-order valence-electron chi connectivity index (χ0n) is 10.5. The van der Waals surface area contributed by atoms with Crippen LogP contribution in [0.1, 0.15) is 38.7 Å². The van der Waals surface area contributed by atoms with Crippen LogP contribution >= 0.6 is 11.6 Å². The topological polar surface area (TPSA) is 12.0 Å². The van der Waals surface area contributed by atoms with Crippen molar-refractivity contribution in [2.24, 2.45) is 5.92 Å². The lowest BCUT2D eigenvalue weighted by atomic mass is 9.90. The monoisotopic (exact) mass is 239 g/mol. The van der Waals surface area contributed by atoms with Gasteiger partial charge in [0, 0.05) is 11.6 Å². The SMILES string of the molecule is CCNCC(CC(C)C)c1ccc(Cl)cc1. The van der Waals surface area contributed by atoms with Crippen LogP contribution in [0.4, 0.5) is 0 Å². The van der Waals surface area contributed by atoms with E-state index >= 15 is 0 Å². The molecule has 0 aliphatic rings. The Morgan fingerprint density at radius 1 is 1.19 bits per heavy atom. The number of nitrogens with one attached hydrogen (secondary N) is 1. The Hall–Kier alpha value is -0.530. The van der Waals surface area contributed by atoms with Crippen molar-refractivity contribution in [3.05, 3.63) is 34.9 Å². The molecule has 1 unspecified atom stereocenters. The second kappa shape index (κ2) is 6.93. The maximum Gasteiger partial charge on any atom is 0.0406 e. The highest BCUT2D eigenvalue weighted by molar-refractivity contribution is 6.30. The molecule has 0 spiro atoms. The number of halogens is 1. The molecule has 1 atom stereocenters. The van der Waals surface area contributed by atoms with Crippen LogP contribution in [0.5, 0.6) is 0 Å². The van der Waals surface area contributed by atoms with Crippen molar-refractivity contribution in [1.82, 2.24) is 5.32 Å². The molecule has 0 fully saturated rings. The molecule has 0 aliphatic carbocycles. The molecule has 0 heterocycles. The smallest absolute Gasteiger partial charge is 0.0406 e. The summed E-state index contributed by atoms with van der Waals surface area (Å²) >= 11 is 5.91. The van der Waals surface area contributed by atoms with Gasteiger partial charge in [0.25, 0.3) is 0 Å². The summed E-state index contributed by atoms with van der Waals surface area (Å²) < 4.78 is 0. The van der Waals surface area contributed by atoms with E-state index in [4.69, 9.17) is 11.6 Å². The van der Waals surface area contributed by atoms with Gasteiger partial charge in [-0.1, -0.05) is 44.5 Å². The molecule has 0 saturated carbocycles. The van der Waals surface area contributed by atoms with Crippen LogP contribution in [0, 0.1) is 5.92 Å². The molecule has 0 aliphatic heterocycles. The van der Waals surface area contributed by atoms with Crippen LogP contribution < -0.4 is 5.32 Å². The summed E-state index contributed by atoms with van der Waals surface area (Å²) in [5, 5.41) is 4.25. The van der Waals surface area contributed by atoms with Crippen LogP contribution in [0.2, 0.25) is 5.02 Å². The largest absolute Gasteiger partial charge is 0.316 e. The average Bonchev–Trinajstić information content (AvgIpc) is 2.25. The third-order valence-corrected chi connectivity index (χ3v) is 2.99. The van der Waals surface area contributed by atoms with Crippen molar-refractivity contribution in [3.63, 3.8) is 0 Å². The zero-order valence-corrected chi connectivity index (χ0v) is 11.2. The fraction of sp³-hybridized carbons (Fsp3) is 0.571. The summed E-state index contributed by atoms with van der Waals surface area (Å²) in [7, 11) is 0. The lowest BCUT2D eigenvalue weighted by molar-refractivity contribution is 0.475. The predicted molar refractivity (Wildman–Crippen MR) is 72.2 cm³/mol. The van der Waals surface area contributed by atoms with Crippen LogP contribution in [0.3, 0.4) is 0 Å². The van der Waals surface area contributed by atoms with E-state index in [9.17, 15) is 0 Å². The molecule has 0 aromatic heterocycles. The summed E-state index contributed by atoms with van der Waals surface area (Å²) in [6, 6.07) is 8.26. The summed E-state index contributed by atoms with van der Waals surface area (Å²) in [5.41, 5.74) is 1.39. The van der Waals surface area contributed by atoms with Crippen molar-refractivity contribution in [3.8, 4) is 0 Å². The molecule has 1 aromatic carbocycles. The summed E-state index contributed by atoms with van der Waals surface area (Å²) in [5.74, 6) is 1.32. The molecule has 0 bridgehead atoms. The van der Waals surface area contributed by atoms with Crippen molar-refractivity contribution < 1.29 is 0 Å². The first-order chi connectivity index (χ1) is 7.63. The third kappa shape index (κ3) is 4.54. The highest BCUT2D eigenvalue weighted by Crippen LogP contribution is 2.24. The van der Waals surface area contributed by atoms with Crippen LogP contribution in [-0.4, -0.2) is 13.1 Å². The van der Waals surface area contributed by atoms with E-state index in [0.717, 1.165) is 24.0 Å². The first-order valence-corrected chi connectivity index (χ1v) is 6.47. The first kappa shape index (κ1) is 13.5. The van der Waals surface area contributed by atoms with Gasteiger partial charge in [0.2, 0.25) is 0 Å². The van der Waals surface area contributed by atoms with E-state index < -0.39 is 0 Å². The van der Waals surface area contributed by atoms with Crippen LogP contribution in [-0.2, 0) is 0 Å². The Morgan fingerprint density at radius 3 is 2.31 bits per heavy atom. The van der Waals surface area contributed by atoms with E-state index in [-0.39, 0.29) is 0 Å². The molecule has 1 N–H and O–H groups in total. The molecule has 90 valence electrons. The molecule has 0 saturated heterocycles. The molecule has 2 heteroatoms. The van der Waals surface area contributed by atoms with Gasteiger partial charge in [-0.15, -0.1) is 0 Å². The number of benzene rings is 1. The van der Waals surface area contributed by atoms with Gasteiger partial charge >= 0.3 is 0 Å². The molecule has 1 nitrogen and oxygen atoms in total. The van der Waals surface area contributed by atoms with Gasteiger partial charge < -0.3 is 5.32 Å². The summed E-state index contributed by atoms with van der Waals surface area (Å²) in [4.78, 5) is 0.